The molecule has 1 aliphatic heterocycles. The summed E-state index contributed by atoms with van der Waals surface area (Å²) in [5.41, 5.74) is 0. The molecule has 1 fully saturated rings. The summed E-state index contributed by atoms with van der Waals surface area (Å²) in [4.78, 5) is 13.8. The van der Waals surface area contributed by atoms with Crippen molar-refractivity contribution in [3.05, 3.63) is 0 Å². The fourth-order valence-corrected chi connectivity index (χ4v) is 5.39. The molecule has 0 saturated carbocycles. The van der Waals surface area contributed by atoms with E-state index in [0.29, 0.717) is 16.2 Å². The molecule has 1 saturated heterocycles. The van der Waals surface area contributed by atoms with Gasteiger partial charge in [-0.15, -0.1) is 10.2 Å². The number of carbonyl (C=O) groups excluding carboxylic acids is 1. The Kier molecular flexibility index (Phi) is 6.56. The number of amides is 1. The molecule has 0 spiro atoms. The highest BCUT2D eigenvalue weighted by atomic mass is 32.2. The third kappa shape index (κ3) is 4.46. The summed E-state index contributed by atoms with van der Waals surface area (Å²) in [5.74, 6) is 8.83. The lowest BCUT2D eigenvalue weighted by atomic mass is 10.4. The van der Waals surface area contributed by atoms with Crippen molar-refractivity contribution in [1.29, 1.82) is 0 Å². The quantitative estimate of drug-likeness (QED) is 0.592. The molecule has 1 aromatic rings. The minimum atomic E-state index is 0.106. The Morgan fingerprint density at radius 1 is 1.43 bits per heavy atom. The minimum absolute atomic E-state index is 0.106. The number of rotatable bonds is 7. The SMILES string of the molecule is CCN(CC)C(=O)CSc1nnc(SC2CCSC2)n1N. The second kappa shape index (κ2) is 8.19. The third-order valence-corrected chi connectivity index (χ3v) is 6.76. The van der Waals surface area contributed by atoms with Gasteiger partial charge in [0.2, 0.25) is 16.2 Å². The number of aromatic nitrogens is 3. The predicted molar refractivity (Wildman–Crippen MR) is 90.4 cm³/mol. The van der Waals surface area contributed by atoms with E-state index in [0.717, 1.165) is 24.0 Å². The number of nitrogens with two attached hydrogens (primary N) is 1. The summed E-state index contributed by atoms with van der Waals surface area (Å²) in [5, 5.41) is 10.1. The Hall–Kier alpha value is -0.540. The molecule has 1 unspecified atom stereocenters. The molecule has 6 nitrogen and oxygen atoms in total. The van der Waals surface area contributed by atoms with Crippen LogP contribution >= 0.6 is 35.3 Å². The van der Waals surface area contributed by atoms with Crippen LogP contribution in [0.15, 0.2) is 10.3 Å². The molecule has 0 radical (unpaired) electrons. The maximum atomic E-state index is 12.0. The molecule has 2 N–H and O–H groups in total. The Balaban J connectivity index is 1.89. The molecular weight excluding hydrogens is 326 g/mol. The van der Waals surface area contributed by atoms with Gasteiger partial charge in [-0.1, -0.05) is 23.5 Å². The first kappa shape index (κ1) is 16.8. The predicted octanol–water partition coefficient (Wildman–Crippen LogP) is 1.55. The molecule has 9 heteroatoms. The second-order valence-corrected chi connectivity index (χ2v) is 7.95. The molecule has 1 amide bonds. The number of nitrogen functional groups attached to an aromatic ring is 1. The standard InChI is InChI=1S/C12H21N5OS3/c1-3-16(4-2)10(18)8-20-11-14-15-12(17(11)13)21-9-5-6-19-7-9/h9H,3-8,13H2,1-2H3. The van der Waals surface area contributed by atoms with Crippen molar-refractivity contribution in [2.24, 2.45) is 0 Å². The highest BCUT2D eigenvalue weighted by Crippen LogP contribution is 2.32. The number of nitrogens with zero attached hydrogens (tertiary/aromatic N) is 4. The van der Waals surface area contributed by atoms with E-state index < -0.39 is 0 Å². The van der Waals surface area contributed by atoms with Crippen molar-refractivity contribution < 1.29 is 4.79 Å². The lowest BCUT2D eigenvalue weighted by molar-refractivity contribution is -0.127. The van der Waals surface area contributed by atoms with E-state index in [9.17, 15) is 4.79 Å². The summed E-state index contributed by atoms with van der Waals surface area (Å²) < 4.78 is 1.51. The number of hydrogen-bond donors (Lipinski definition) is 1. The molecule has 2 heterocycles. The van der Waals surface area contributed by atoms with Crippen LogP contribution in [0, 0.1) is 0 Å². The Labute approximate surface area is 138 Å². The van der Waals surface area contributed by atoms with Crippen molar-refractivity contribution in [3.8, 4) is 0 Å². The Bertz CT molecular complexity index is 471. The molecule has 21 heavy (non-hydrogen) atoms. The van der Waals surface area contributed by atoms with E-state index in [-0.39, 0.29) is 5.91 Å². The van der Waals surface area contributed by atoms with Gasteiger partial charge in [0.1, 0.15) is 0 Å². The molecule has 118 valence electrons. The number of hydrogen-bond acceptors (Lipinski definition) is 7. The van der Waals surface area contributed by atoms with Gasteiger partial charge in [0, 0.05) is 24.1 Å². The van der Waals surface area contributed by atoms with Gasteiger partial charge in [-0.05, 0) is 26.0 Å². The first-order chi connectivity index (χ1) is 10.2. The lowest BCUT2D eigenvalue weighted by Crippen LogP contribution is -2.32. The van der Waals surface area contributed by atoms with Gasteiger partial charge >= 0.3 is 0 Å². The Morgan fingerprint density at radius 3 is 2.76 bits per heavy atom. The summed E-state index contributed by atoms with van der Waals surface area (Å²) in [7, 11) is 0. The lowest BCUT2D eigenvalue weighted by Gasteiger charge is -2.17. The molecule has 1 aliphatic rings. The van der Waals surface area contributed by atoms with Crippen LogP contribution < -0.4 is 5.84 Å². The summed E-state index contributed by atoms with van der Waals surface area (Å²) in [6.45, 7) is 5.41. The van der Waals surface area contributed by atoms with Crippen LogP contribution in [0.25, 0.3) is 0 Å². The summed E-state index contributed by atoms with van der Waals surface area (Å²) >= 11 is 4.99. The monoisotopic (exact) mass is 347 g/mol. The average molecular weight is 348 g/mol. The molecule has 0 aliphatic carbocycles. The van der Waals surface area contributed by atoms with Gasteiger partial charge in [-0.25, -0.2) is 4.68 Å². The summed E-state index contributed by atoms with van der Waals surface area (Å²) in [6.07, 6.45) is 1.19. The van der Waals surface area contributed by atoms with Gasteiger partial charge in [0.05, 0.1) is 5.75 Å². The largest absolute Gasteiger partial charge is 0.343 e. The van der Waals surface area contributed by atoms with Gasteiger partial charge in [0.25, 0.3) is 0 Å². The van der Waals surface area contributed by atoms with Crippen molar-refractivity contribution in [3.63, 3.8) is 0 Å². The van der Waals surface area contributed by atoms with Crippen LogP contribution in [0.5, 0.6) is 0 Å². The normalized spacial score (nSPS) is 18.1. The fraction of sp³-hybridized carbons (Fsp3) is 0.750. The van der Waals surface area contributed by atoms with E-state index in [1.807, 2.05) is 25.6 Å². The fourth-order valence-electron chi connectivity index (χ4n) is 1.99. The highest BCUT2D eigenvalue weighted by molar-refractivity contribution is 8.04. The third-order valence-electron chi connectivity index (χ3n) is 3.23. The van der Waals surface area contributed by atoms with E-state index >= 15 is 0 Å². The van der Waals surface area contributed by atoms with Crippen LogP contribution in [0.1, 0.15) is 20.3 Å². The van der Waals surface area contributed by atoms with E-state index in [4.69, 9.17) is 5.84 Å². The second-order valence-electron chi connectivity index (χ2n) is 4.59. The van der Waals surface area contributed by atoms with Crippen molar-refractivity contribution in [1.82, 2.24) is 19.8 Å². The molecule has 1 aromatic heterocycles. The zero-order valence-corrected chi connectivity index (χ0v) is 14.8. The number of carbonyl (C=O) groups is 1. The zero-order chi connectivity index (χ0) is 15.2. The first-order valence-electron chi connectivity index (χ1n) is 7.01. The van der Waals surface area contributed by atoms with E-state index in [2.05, 4.69) is 10.2 Å². The Morgan fingerprint density at radius 2 is 2.14 bits per heavy atom. The van der Waals surface area contributed by atoms with Crippen molar-refractivity contribution in [2.75, 3.05) is 36.2 Å². The van der Waals surface area contributed by atoms with Crippen LogP contribution in [-0.2, 0) is 4.79 Å². The molecule has 0 aromatic carbocycles. The molecular formula is C12H21N5OS3. The van der Waals surface area contributed by atoms with Gasteiger partial charge in [0.15, 0.2) is 0 Å². The maximum Gasteiger partial charge on any atom is 0.233 e. The van der Waals surface area contributed by atoms with Crippen LogP contribution in [0.2, 0.25) is 0 Å². The smallest absolute Gasteiger partial charge is 0.233 e. The summed E-state index contributed by atoms with van der Waals surface area (Å²) in [6, 6.07) is 0. The zero-order valence-electron chi connectivity index (χ0n) is 12.3. The van der Waals surface area contributed by atoms with Crippen LogP contribution in [-0.4, -0.2) is 61.3 Å². The van der Waals surface area contributed by atoms with Crippen LogP contribution in [0.3, 0.4) is 0 Å². The van der Waals surface area contributed by atoms with Crippen molar-refractivity contribution >= 4 is 41.2 Å². The molecule has 2 rings (SSSR count). The first-order valence-corrected chi connectivity index (χ1v) is 10.0. The molecule has 0 bridgehead atoms. The van der Waals surface area contributed by atoms with Gasteiger partial charge in [-0.3, -0.25) is 4.79 Å². The van der Waals surface area contributed by atoms with E-state index in [1.54, 1.807) is 16.7 Å². The van der Waals surface area contributed by atoms with Gasteiger partial charge in [-0.2, -0.15) is 11.8 Å². The average Bonchev–Trinajstić information content (AvgIpc) is 3.10. The van der Waals surface area contributed by atoms with Gasteiger partial charge < -0.3 is 10.7 Å². The number of thioether (sulfide) groups is 3. The van der Waals surface area contributed by atoms with E-state index in [1.165, 1.54) is 28.6 Å². The van der Waals surface area contributed by atoms with Crippen molar-refractivity contribution in [2.45, 2.75) is 35.8 Å². The minimum Gasteiger partial charge on any atom is -0.343 e. The maximum absolute atomic E-state index is 12.0. The van der Waals surface area contributed by atoms with Crippen LogP contribution in [0.4, 0.5) is 0 Å². The molecule has 1 atom stereocenters. The topological polar surface area (TPSA) is 77.0 Å². The highest BCUT2D eigenvalue weighted by Gasteiger charge is 2.21.